The van der Waals surface area contributed by atoms with Crippen LogP contribution in [-0.2, 0) is 23.0 Å². The number of aromatic nitrogens is 3. The van der Waals surface area contributed by atoms with Crippen LogP contribution in [0.15, 0.2) is 24.5 Å². The summed E-state index contributed by atoms with van der Waals surface area (Å²) in [6.45, 7) is 8.22. The van der Waals surface area contributed by atoms with Gasteiger partial charge in [0.05, 0.1) is 31.4 Å². The first-order valence-electron chi connectivity index (χ1n) is 11.1. The van der Waals surface area contributed by atoms with Gasteiger partial charge in [-0.1, -0.05) is 6.42 Å². The predicted molar refractivity (Wildman–Crippen MR) is 115 cm³/mol. The lowest BCUT2D eigenvalue weighted by Crippen LogP contribution is -2.52. The molecule has 0 spiro atoms. The van der Waals surface area contributed by atoms with E-state index in [-0.39, 0.29) is 18.1 Å². The van der Waals surface area contributed by atoms with Gasteiger partial charge in [-0.2, -0.15) is 5.10 Å². The van der Waals surface area contributed by atoms with Gasteiger partial charge in [-0.05, 0) is 57.5 Å². The quantitative estimate of drug-likeness (QED) is 0.756. The monoisotopic (exact) mass is 411 g/mol. The maximum absolute atomic E-state index is 13.4. The first-order chi connectivity index (χ1) is 14.5. The van der Waals surface area contributed by atoms with E-state index >= 15 is 0 Å². The Morgan fingerprint density at radius 3 is 2.53 bits per heavy atom. The van der Waals surface area contributed by atoms with E-state index in [2.05, 4.69) is 15.0 Å². The minimum absolute atomic E-state index is 0.0362. The number of piperidine rings is 1. The molecule has 30 heavy (non-hydrogen) atoms. The van der Waals surface area contributed by atoms with Crippen molar-refractivity contribution in [2.75, 3.05) is 32.8 Å². The number of pyridine rings is 1. The van der Waals surface area contributed by atoms with Crippen LogP contribution in [0.5, 0.6) is 0 Å². The van der Waals surface area contributed by atoms with Crippen LogP contribution in [0.2, 0.25) is 0 Å². The van der Waals surface area contributed by atoms with Crippen molar-refractivity contribution < 1.29 is 9.53 Å². The molecule has 7 heteroatoms. The van der Waals surface area contributed by atoms with Crippen molar-refractivity contribution in [3.63, 3.8) is 0 Å². The highest BCUT2D eigenvalue weighted by Gasteiger charge is 2.38. The van der Waals surface area contributed by atoms with Crippen LogP contribution >= 0.6 is 0 Å². The van der Waals surface area contributed by atoms with Crippen molar-refractivity contribution in [1.29, 1.82) is 0 Å². The Morgan fingerprint density at radius 2 is 1.87 bits per heavy atom. The van der Waals surface area contributed by atoms with Gasteiger partial charge in [0.15, 0.2) is 0 Å². The standard InChI is InChI=1S/C23H33N5O2/c1-17-11-19(12-18(2)25-17)13-22(29)28-9-10-30-21(16-27-7-5-4-6-8-27)23(28)20-14-24-26(3)15-20/h11-12,14-15,21,23H,4-10,13,16H2,1-3H3/t21-,23-/m0/s1. The van der Waals surface area contributed by atoms with Crippen LogP contribution in [-0.4, -0.2) is 69.4 Å². The molecule has 4 heterocycles. The molecule has 2 aliphatic heterocycles. The zero-order valence-electron chi connectivity index (χ0n) is 18.4. The summed E-state index contributed by atoms with van der Waals surface area (Å²) in [5.74, 6) is 0.140. The topological polar surface area (TPSA) is 63.5 Å². The summed E-state index contributed by atoms with van der Waals surface area (Å²) in [6.07, 6.45) is 8.04. The molecule has 0 bridgehead atoms. The number of hydrogen-bond donors (Lipinski definition) is 0. The van der Waals surface area contributed by atoms with Crippen LogP contribution in [0.4, 0.5) is 0 Å². The highest BCUT2D eigenvalue weighted by molar-refractivity contribution is 5.79. The second-order valence-electron chi connectivity index (χ2n) is 8.68. The largest absolute Gasteiger partial charge is 0.373 e. The highest BCUT2D eigenvalue weighted by Crippen LogP contribution is 2.31. The molecule has 0 aliphatic carbocycles. The van der Waals surface area contributed by atoms with Gasteiger partial charge in [-0.3, -0.25) is 14.5 Å². The Labute approximate surface area is 179 Å². The Morgan fingerprint density at radius 1 is 1.13 bits per heavy atom. The van der Waals surface area contributed by atoms with Gasteiger partial charge in [-0.15, -0.1) is 0 Å². The van der Waals surface area contributed by atoms with Gasteiger partial charge < -0.3 is 14.5 Å². The second-order valence-corrected chi connectivity index (χ2v) is 8.68. The molecular weight excluding hydrogens is 378 g/mol. The van der Waals surface area contributed by atoms with Crippen molar-refractivity contribution in [2.24, 2.45) is 7.05 Å². The summed E-state index contributed by atoms with van der Waals surface area (Å²) in [5.41, 5.74) is 3.97. The molecule has 2 atom stereocenters. The number of aryl methyl sites for hydroxylation is 3. The summed E-state index contributed by atoms with van der Waals surface area (Å²) in [5, 5.41) is 4.38. The maximum Gasteiger partial charge on any atom is 0.227 e. The molecular formula is C23H33N5O2. The molecule has 2 aliphatic rings. The Bertz CT molecular complexity index is 854. The first kappa shape index (κ1) is 21.0. The van der Waals surface area contributed by atoms with Crippen LogP contribution in [0, 0.1) is 13.8 Å². The van der Waals surface area contributed by atoms with E-state index in [0.717, 1.165) is 42.1 Å². The lowest BCUT2D eigenvalue weighted by Gasteiger charge is -2.43. The smallest absolute Gasteiger partial charge is 0.227 e. The van der Waals surface area contributed by atoms with Crippen LogP contribution in [0.25, 0.3) is 0 Å². The summed E-state index contributed by atoms with van der Waals surface area (Å²) >= 11 is 0. The van der Waals surface area contributed by atoms with E-state index in [1.54, 1.807) is 4.68 Å². The van der Waals surface area contributed by atoms with Gasteiger partial charge in [0.2, 0.25) is 5.91 Å². The lowest BCUT2D eigenvalue weighted by molar-refractivity contribution is -0.148. The summed E-state index contributed by atoms with van der Waals surface area (Å²) < 4.78 is 8.05. The fraction of sp³-hybridized carbons (Fsp3) is 0.609. The molecule has 4 rings (SSSR count). The number of rotatable bonds is 5. The highest BCUT2D eigenvalue weighted by atomic mass is 16.5. The van der Waals surface area contributed by atoms with E-state index in [0.29, 0.717) is 19.6 Å². The molecule has 7 nitrogen and oxygen atoms in total. The molecule has 2 saturated heterocycles. The summed E-state index contributed by atoms with van der Waals surface area (Å²) in [6, 6.07) is 3.91. The molecule has 0 N–H and O–H groups in total. The molecule has 1 amide bonds. The van der Waals surface area contributed by atoms with E-state index in [1.165, 1.54) is 19.3 Å². The van der Waals surface area contributed by atoms with Crippen molar-refractivity contribution in [1.82, 2.24) is 24.6 Å². The number of carbonyl (C=O) groups excluding carboxylic acids is 1. The average molecular weight is 412 g/mol. The molecule has 0 radical (unpaired) electrons. The van der Waals surface area contributed by atoms with Crippen molar-refractivity contribution in [3.05, 3.63) is 47.0 Å². The van der Waals surface area contributed by atoms with Crippen LogP contribution < -0.4 is 0 Å². The maximum atomic E-state index is 13.4. The van der Waals surface area contributed by atoms with Crippen molar-refractivity contribution in [2.45, 2.75) is 51.7 Å². The zero-order valence-corrected chi connectivity index (χ0v) is 18.4. The molecule has 162 valence electrons. The van der Waals surface area contributed by atoms with Crippen LogP contribution in [0.1, 0.15) is 47.8 Å². The molecule has 0 aromatic carbocycles. The Hall–Kier alpha value is -2.25. The van der Waals surface area contributed by atoms with E-state index in [1.807, 2.05) is 50.3 Å². The third-order valence-electron chi connectivity index (χ3n) is 6.12. The minimum Gasteiger partial charge on any atom is -0.373 e. The third kappa shape index (κ3) is 4.90. The van der Waals surface area contributed by atoms with Gasteiger partial charge in [0.25, 0.3) is 0 Å². The molecule has 2 aromatic heterocycles. The summed E-state index contributed by atoms with van der Waals surface area (Å²) in [4.78, 5) is 22.4. The number of ether oxygens (including phenoxy) is 1. The fourth-order valence-corrected chi connectivity index (χ4v) is 4.85. The number of likely N-dealkylation sites (tertiary alicyclic amines) is 1. The third-order valence-corrected chi connectivity index (χ3v) is 6.12. The number of amides is 1. The van der Waals surface area contributed by atoms with Gasteiger partial charge in [0, 0.05) is 43.3 Å². The number of hydrogen-bond acceptors (Lipinski definition) is 5. The molecule has 0 unspecified atom stereocenters. The van der Waals surface area contributed by atoms with Gasteiger partial charge in [0.1, 0.15) is 0 Å². The van der Waals surface area contributed by atoms with Crippen molar-refractivity contribution >= 4 is 5.91 Å². The SMILES string of the molecule is Cc1cc(CC(=O)N2CCO[C@@H](CN3CCCCC3)[C@@H]2c2cnn(C)c2)cc(C)n1. The average Bonchev–Trinajstić information content (AvgIpc) is 3.13. The lowest BCUT2D eigenvalue weighted by atomic mass is 9.98. The van der Waals surface area contributed by atoms with E-state index in [4.69, 9.17) is 4.74 Å². The number of morpholine rings is 1. The molecule has 2 fully saturated rings. The van der Waals surface area contributed by atoms with Crippen LogP contribution in [0.3, 0.4) is 0 Å². The molecule has 2 aromatic rings. The van der Waals surface area contributed by atoms with E-state index in [9.17, 15) is 4.79 Å². The van der Waals surface area contributed by atoms with Gasteiger partial charge >= 0.3 is 0 Å². The Kier molecular flexibility index (Phi) is 6.49. The predicted octanol–water partition coefficient (Wildman–Crippen LogP) is 2.43. The molecule has 0 saturated carbocycles. The second kappa shape index (κ2) is 9.27. The zero-order chi connectivity index (χ0) is 21.1. The van der Waals surface area contributed by atoms with Crippen molar-refractivity contribution in [3.8, 4) is 0 Å². The van der Waals surface area contributed by atoms with E-state index < -0.39 is 0 Å². The first-order valence-corrected chi connectivity index (χ1v) is 11.1. The van der Waals surface area contributed by atoms with Gasteiger partial charge in [-0.25, -0.2) is 0 Å². The minimum atomic E-state index is -0.106. The fourth-order valence-electron chi connectivity index (χ4n) is 4.85. The number of nitrogens with zero attached hydrogens (tertiary/aromatic N) is 5. The Balaban J connectivity index is 1.56. The normalized spacial score (nSPS) is 23.0. The summed E-state index contributed by atoms with van der Waals surface area (Å²) in [7, 11) is 1.92. The number of carbonyl (C=O) groups is 1.